The van der Waals surface area contributed by atoms with Crippen molar-refractivity contribution in [2.45, 2.75) is 0 Å². The highest BCUT2D eigenvalue weighted by molar-refractivity contribution is 6.17. The molecule has 0 fully saturated rings. The molecular weight excluding hydrogens is 1350 g/mol. The number of rotatable bonds is 13. The molecule has 10 nitrogen and oxygen atoms in total. The SMILES string of the molecule is c1ccc(-c2ccc(-c3cc(-c4cccc5oc6c(-c7nc8ccccc8n7-c7ccccc7)cccc6c45)nc(-c4cccc(-c5ccccc5)c4)n3)cc2)cc1.c1ccc(-c2cccc(-c3cc(-c4cccc5oc6c(-c7nc8ccccc8n7-c7ccccc7)cccc6c45)nc(-c4ccccc4)n3)c2)cc1. The lowest BCUT2D eigenvalue weighted by Crippen LogP contribution is -1.97. The van der Waals surface area contributed by atoms with Gasteiger partial charge in [-0.2, -0.15) is 0 Å². The maximum Gasteiger partial charge on any atom is 0.160 e. The highest BCUT2D eigenvalue weighted by atomic mass is 16.3. The number of hydrogen-bond donors (Lipinski definition) is 0. The van der Waals surface area contributed by atoms with Crippen LogP contribution in [0.5, 0.6) is 0 Å². The molecule has 0 N–H and O–H groups in total. The average Bonchev–Trinajstić information content (AvgIpc) is 1.54. The standard InChI is InChI=1S/C53H34N4O.C47H30N4O/c1-4-15-35(16-5-1)37-29-31-38(32-30-37)46-34-47(55-52(54-46)40-20-12-19-39(33-40)36-17-6-2-7-18-36)42-23-14-28-49-50(42)43-24-13-25-44(51(43)58-49)53-56-45-26-10-11-27-48(45)57(53)41-21-8-3-9-22-41;1-4-15-31(16-5-1)33-19-12-20-34(29-33)40-30-41(49-46(48-40)32-17-6-2-7-18-32)36-23-14-28-43-44(36)37-24-13-25-38(45(37)52-43)47-50-39-26-10-11-27-42(39)51(47)35-21-8-3-9-22-35/h1-34H;1-30H. The molecule has 0 unspecified atom stereocenters. The van der Waals surface area contributed by atoms with Crippen LogP contribution in [0.15, 0.2) is 397 Å². The summed E-state index contributed by atoms with van der Waals surface area (Å²) in [6, 6.07) is 134. The van der Waals surface area contributed by atoms with Gasteiger partial charge in [0.05, 0.1) is 56.0 Å². The van der Waals surface area contributed by atoms with E-state index in [1.807, 2.05) is 84.9 Å². The van der Waals surface area contributed by atoms with Crippen LogP contribution in [0.4, 0.5) is 0 Å². The minimum absolute atomic E-state index is 0.652. The Labute approximate surface area is 633 Å². The van der Waals surface area contributed by atoms with E-state index in [1.54, 1.807) is 0 Å². The Morgan fingerprint density at radius 3 is 1.02 bits per heavy atom. The van der Waals surface area contributed by atoms with E-state index in [-0.39, 0.29) is 0 Å². The highest BCUT2D eigenvalue weighted by Gasteiger charge is 2.26. The van der Waals surface area contributed by atoms with Gasteiger partial charge < -0.3 is 8.83 Å². The van der Waals surface area contributed by atoms with E-state index in [4.69, 9.17) is 38.7 Å². The zero-order valence-corrected chi connectivity index (χ0v) is 59.3. The van der Waals surface area contributed by atoms with Gasteiger partial charge in [-0.25, -0.2) is 29.9 Å². The van der Waals surface area contributed by atoms with Gasteiger partial charge in [0, 0.05) is 66.3 Å². The average molecular weight is 1410 g/mol. The summed E-state index contributed by atoms with van der Waals surface area (Å²) in [7, 11) is 0. The molecule has 6 heterocycles. The fourth-order valence-corrected chi connectivity index (χ4v) is 15.3. The Balaban J connectivity index is 0.000000145. The summed E-state index contributed by atoms with van der Waals surface area (Å²) in [5, 5.41) is 4.00. The Bertz CT molecular complexity index is 7000. The number of benzene rings is 15. The number of nitrogens with zero attached hydrogens (tertiary/aromatic N) is 8. The molecule has 0 atom stereocenters. The fraction of sp³-hybridized carbons (Fsp3) is 0. The Morgan fingerprint density at radius 2 is 0.536 bits per heavy atom. The monoisotopic (exact) mass is 1410 g/mol. The van der Waals surface area contributed by atoms with Crippen molar-refractivity contribution >= 4 is 65.9 Å². The molecule has 10 heteroatoms. The lowest BCUT2D eigenvalue weighted by molar-refractivity contribution is 0.669. The van der Waals surface area contributed by atoms with Crippen molar-refractivity contribution in [1.29, 1.82) is 0 Å². The van der Waals surface area contributed by atoms with Crippen LogP contribution in [-0.4, -0.2) is 39.0 Å². The van der Waals surface area contributed by atoms with Crippen molar-refractivity contribution in [1.82, 2.24) is 39.0 Å². The summed E-state index contributed by atoms with van der Waals surface area (Å²) >= 11 is 0. The first-order chi connectivity index (χ1) is 54.5. The van der Waals surface area contributed by atoms with E-state index in [1.165, 1.54) is 5.56 Å². The maximum absolute atomic E-state index is 6.84. The zero-order valence-electron chi connectivity index (χ0n) is 59.3. The van der Waals surface area contributed by atoms with Crippen molar-refractivity contribution in [2.24, 2.45) is 0 Å². The van der Waals surface area contributed by atoms with Gasteiger partial charge in [0.25, 0.3) is 0 Å². The number of furan rings is 2. The molecule has 0 spiro atoms. The first-order valence-corrected chi connectivity index (χ1v) is 36.8. The van der Waals surface area contributed by atoms with E-state index in [0.717, 1.165) is 184 Å². The van der Waals surface area contributed by atoms with E-state index in [2.05, 4.69) is 312 Å². The van der Waals surface area contributed by atoms with E-state index < -0.39 is 0 Å². The van der Waals surface area contributed by atoms with Gasteiger partial charge in [0.1, 0.15) is 34.0 Å². The zero-order chi connectivity index (χ0) is 72.9. The molecule has 0 aliphatic rings. The van der Waals surface area contributed by atoms with Crippen molar-refractivity contribution < 1.29 is 8.83 Å². The third-order valence-corrected chi connectivity index (χ3v) is 20.5. The quantitative estimate of drug-likeness (QED) is 0.112. The number of hydrogen-bond acceptors (Lipinski definition) is 8. The van der Waals surface area contributed by atoms with Gasteiger partial charge in [-0.05, 0) is 130 Å². The minimum Gasteiger partial charge on any atom is -0.455 e. The lowest BCUT2D eigenvalue weighted by Gasteiger charge is -2.12. The van der Waals surface area contributed by atoms with Crippen LogP contribution in [0.1, 0.15) is 0 Å². The first-order valence-electron chi connectivity index (χ1n) is 36.8. The van der Waals surface area contributed by atoms with Crippen LogP contribution in [-0.2, 0) is 0 Å². The molecule has 21 aromatic rings. The largest absolute Gasteiger partial charge is 0.455 e. The van der Waals surface area contributed by atoms with Crippen LogP contribution >= 0.6 is 0 Å². The van der Waals surface area contributed by atoms with E-state index in [9.17, 15) is 0 Å². The molecular formula is C100H64N8O2. The van der Waals surface area contributed by atoms with Gasteiger partial charge in [-0.1, -0.05) is 291 Å². The van der Waals surface area contributed by atoms with Gasteiger partial charge in [-0.3, -0.25) is 9.13 Å². The summed E-state index contributed by atoms with van der Waals surface area (Å²) in [4.78, 5) is 31.3. The fourth-order valence-electron chi connectivity index (χ4n) is 15.3. The number of fused-ring (bicyclic) bond motifs is 8. The van der Waals surface area contributed by atoms with Gasteiger partial charge in [-0.15, -0.1) is 0 Å². The number of para-hydroxylation sites is 8. The molecule has 516 valence electrons. The third kappa shape index (κ3) is 11.9. The number of imidazole rings is 2. The summed E-state index contributed by atoms with van der Waals surface area (Å²) in [6.45, 7) is 0. The van der Waals surface area contributed by atoms with Crippen LogP contribution in [0, 0.1) is 0 Å². The minimum atomic E-state index is 0.652. The van der Waals surface area contributed by atoms with Crippen LogP contribution in [0.3, 0.4) is 0 Å². The molecule has 0 radical (unpaired) electrons. The maximum atomic E-state index is 6.84. The smallest absolute Gasteiger partial charge is 0.160 e. The molecule has 110 heavy (non-hydrogen) atoms. The Morgan fingerprint density at radius 1 is 0.209 bits per heavy atom. The molecule has 0 saturated carbocycles. The summed E-state index contributed by atoms with van der Waals surface area (Å²) in [6.07, 6.45) is 0. The molecule has 0 aliphatic carbocycles. The number of aromatic nitrogens is 8. The normalized spacial score (nSPS) is 11.5. The topological polar surface area (TPSA) is 113 Å². The van der Waals surface area contributed by atoms with Crippen molar-refractivity contribution in [3.05, 3.63) is 388 Å². The third-order valence-electron chi connectivity index (χ3n) is 20.5. The second-order valence-corrected chi connectivity index (χ2v) is 27.2. The second-order valence-electron chi connectivity index (χ2n) is 27.2. The Hall–Kier alpha value is -15.0. The molecule has 0 amide bonds. The molecule has 6 aromatic heterocycles. The molecule has 0 saturated heterocycles. The van der Waals surface area contributed by atoms with Gasteiger partial charge in [0.2, 0.25) is 0 Å². The van der Waals surface area contributed by atoms with Crippen molar-refractivity contribution in [3.8, 4) is 135 Å². The summed E-state index contributed by atoms with van der Waals surface area (Å²) in [5.41, 5.74) is 27.0. The van der Waals surface area contributed by atoms with Gasteiger partial charge >= 0.3 is 0 Å². The molecule has 0 bridgehead atoms. The van der Waals surface area contributed by atoms with Gasteiger partial charge in [0.15, 0.2) is 11.6 Å². The van der Waals surface area contributed by atoms with Crippen LogP contribution in [0.25, 0.3) is 201 Å². The predicted molar refractivity (Wildman–Crippen MR) is 448 cm³/mol. The molecule has 0 aliphatic heterocycles. The van der Waals surface area contributed by atoms with Crippen LogP contribution < -0.4 is 0 Å². The molecule has 15 aromatic carbocycles. The van der Waals surface area contributed by atoms with Crippen molar-refractivity contribution in [3.63, 3.8) is 0 Å². The second kappa shape index (κ2) is 27.8. The Kier molecular flexibility index (Phi) is 16.3. The predicted octanol–water partition coefficient (Wildman–Crippen LogP) is 25.8. The molecule has 21 rings (SSSR count). The summed E-state index contributed by atoms with van der Waals surface area (Å²) < 4.78 is 18.1. The highest BCUT2D eigenvalue weighted by Crippen LogP contribution is 2.45. The summed E-state index contributed by atoms with van der Waals surface area (Å²) in [5.74, 6) is 2.97. The van der Waals surface area contributed by atoms with E-state index in [0.29, 0.717) is 11.6 Å². The lowest BCUT2D eigenvalue weighted by atomic mass is 9.99. The first kappa shape index (κ1) is 64.6. The van der Waals surface area contributed by atoms with E-state index >= 15 is 0 Å². The van der Waals surface area contributed by atoms with Crippen LogP contribution in [0.2, 0.25) is 0 Å². The van der Waals surface area contributed by atoms with Crippen molar-refractivity contribution in [2.75, 3.05) is 0 Å².